The van der Waals surface area contributed by atoms with Crippen molar-refractivity contribution in [3.05, 3.63) is 58.9 Å². The first kappa shape index (κ1) is 21.0. The Bertz CT molecular complexity index is 1120. The number of anilines is 1. The van der Waals surface area contributed by atoms with Crippen molar-refractivity contribution in [3.8, 4) is 11.5 Å². The summed E-state index contributed by atoms with van der Waals surface area (Å²) in [7, 11) is 1.85. The van der Waals surface area contributed by atoms with E-state index in [0.29, 0.717) is 28.2 Å². The van der Waals surface area contributed by atoms with Crippen LogP contribution in [0.25, 0.3) is 0 Å². The van der Waals surface area contributed by atoms with E-state index in [2.05, 4.69) is 26.0 Å². The van der Waals surface area contributed by atoms with Gasteiger partial charge in [0.2, 0.25) is 6.79 Å². The van der Waals surface area contributed by atoms with Crippen LogP contribution >= 0.6 is 23.4 Å². The number of thioether (sulfide) groups is 1. The van der Waals surface area contributed by atoms with Crippen LogP contribution in [0.1, 0.15) is 11.4 Å². The predicted octanol–water partition coefficient (Wildman–Crippen LogP) is 3.05. The highest BCUT2D eigenvalue weighted by Crippen LogP contribution is 2.31. The number of fused-ring (bicyclic) bond motifs is 1. The molecule has 0 aliphatic carbocycles. The fourth-order valence-corrected chi connectivity index (χ4v) is 3.65. The van der Waals surface area contributed by atoms with Crippen LogP contribution in [0.4, 0.5) is 5.69 Å². The molecule has 0 bridgehead atoms. The number of carbonyl (C=O) groups excluding carboxylic acids is 1. The third kappa shape index (κ3) is 5.47. The van der Waals surface area contributed by atoms with Crippen LogP contribution in [0, 0.1) is 0 Å². The lowest BCUT2D eigenvalue weighted by Crippen LogP contribution is -2.20. The molecule has 31 heavy (non-hydrogen) atoms. The smallest absolute Gasteiger partial charge is 0.250 e. The van der Waals surface area contributed by atoms with E-state index in [1.54, 1.807) is 18.3 Å². The van der Waals surface area contributed by atoms with Crippen molar-refractivity contribution in [3.63, 3.8) is 0 Å². The van der Waals surface area contributed by atoms with Crippen LogP contribution in [-0.2, 0) is 18.4 Å². The summed E-state index contributed by atoms with van der Waals surface area (Å²) < 4.78 is 12.4. The minimum atomic E-state index is -0.247. The number of nitrogens with zero attached hydrogens (tertiary/aromatic N) is 4. The molecule has 0 fully saturated rings. The Balaban J connectivity index is 1.24. The van der Waals surface area contributed by atoms with Gasteiger partial charge in [0.25, 0.3) is 5.91 Å². The third-order valence-electron chi connectivity index (χ3n) is 4.33. The van der Waals surface area contributed by atoms with E-state index in [1.807, 2.05) is 41.9 Å². The van der Waals surface area contributed by atoms with Crippen molar-refractivity contribution in [1.29, 1.82) is 0 Å². The molecular formula is C20H19ClN6O3S. The molecule has 1 aliphatic rings. The number of carbonyl (C=O) groups is 1. The lowest BCUT2D eigenvalue weighted by atomic mass is 10.2. The van der Waals surface area contributed by atoms with Crippen molar-refractivity contribution in [2.24, 2.45) is 12.1 Å². The maximum absolute atomic E-state index is 12.1. The summed E-state index contributed by atoms with van der Waals surface area (Å²) in [5.74, 6) is 2.01. The van der Waals surface area contributed by atoms with Gasteiger partial charge in [-0.05, 0) is 42.0 Å². The second-order valence-electron chi connectivity index (χ2n) is 6.52. The lowest BCUT2D eigenvalue weighted by Gasteiger charge is -2.07. The fourth-order valence-electron chi connectivity index (χ4n) is 2.74. The SMILES string of the molecule is Cn1c(CNc2cccc(Cl)c2)nnc1SCC(=O)NN=Cc1ccc2c(c1)OCO2. The number of aromatic nitrogens is 3. The zero-order valence-corrected chi connectivity index (χ0v) is 18.1. The van der Waals surface area contributed by atoms with E-state index in [0.717, 1.165) is 17.1 Å². The van der Waals surface area contributed by atoms with Gasteiger partial charge in [-0.15, -0.1) is 10.2 Å². The summed E-state index contributed by atoms with van der Waals surface area (Å²) >= 11 is 7.27. The second kappa shape index (κ2) is 9.71. The van der Waals surface area contributed by atoms with E-state index < -0.39 is 0 Å². The van der Waals surface area contributed by atoms with Crippen molar-refractivity contribution >= 4 is 41.2 Å². The maximum Gasteiger partial charge on any atom is 0.250 e. The van der Waals surface area contributed by atoms with Gasteiger partial charge in [-0.3, -0.25) is 4.79 Å². The van der Waals surface area contributed by atoms with Crippen LogP contribution in [0.15, 0.2) is 52.7 Å². The molecule has 3 aromatic rings. The number of hydrazone groups is 1. The van der Waals surface area contributed by atoms with Gasteiger partial charge < -0.3 is 19.4 Å². The quantitative estimate of drug-likeness (QED) is 0.304. The topological polar surface area (TPSA) is 103 Å². The highest BCUT2D eigenvalue weighted by Gasteiger charge is 2.13. The number of amides is 1. The fraction of sp³-hybridized carbons (Fsp3) is 0.200. The zero-order chi connectivity index (χ0) is 21.6. The van der Waals surface area contributed by atoms with E-state index in [1.165, 1.54) is 11.8 Å². The highest BCUT2D eigenvalue weighted by atomic mass is 35.5. The monoisotopic (exact) mass is 458 g/mol. The number of nitrogens with one attached hydrogen (secondary N) is 2. The average Bonchev–Trinajstić information content (AvgIpc) is 3.37. The molecule has 2 heterocycles. The highest BCUT2D eigenvalue weighted by molar-refractivity contribution is 7.99. The second-order valence-corrected chi connectivity index (χ2v) is 7.90. The van der Waals surface area contributed by atoms with Gasteiger partial charge in [0.1, 0.15) is 0 Å². The number of halogens is 1. The molecule has 0 unspecified atom stereocenters. The Labute approximate surface area is 187 Å². The molecule has 0 spiro atoms. The summed E-state index contributed by atoms with van der Waals surface area (Å²) in [5, 5.41) is 16.8. The van der Waals surface area contributed by atoms with Crippen molar-refractivity contribution in [1.82, 2.24) is 20.2 Å². The minimum absolute atomic E-state index is 0.159. The Morgan fingerprint density at radius 3 is 3.00 bits per heavy atom. The number of ether oxygens (including phenoxy) is 2. The number of hydrogen-bond acceptors (Lipinski definition) is 8. The molecule has 1 amide bonds. The molecule has 2 aromatic carbocycles. The lowest BCUT2D eigenvalue weighted by molar-refractivity contribution is -0.118. The Hall–Kier alpha value is -3.24. The molecule has 9 nitrogen and oxygen atoms in total. The molecule has 0 radical (unpaired) electrons. The normalized spacial score (nSPS) is 12.3. The van der Waals surface area contributed by atoms with Crippen molar-refractivity contribution in [2.45, 2.75) is 11.7 Å². The van der Waals surface area contributed by atoms with E-state index in [4.69, 9.17) is 21.1 Å². The van der Waals surface area contributed by atoms with E-state index >= 15 is 0 Å². The molecule has 1 aromatic heterocycles. The van der Waals surface area contributed by atoms with Gasteiger partial charge in [-0.2, -0.15) is 5.10 Å². The summed E-state index contributed by atoms with van der Waals surface area (Å²) in [6.45, 7) is 0.695. The maximum atomic E-state index is 12.1. The number of hydrogen-bond donors (Lipinski definition) is 2. The van der Waals surface area contributed by atoms with Gasteiger partial charge in [0, 0.05) is 17.8 Å². The van der Waals surface area contributed by atoms with Crippen LogP contribution in [0.2, 0.25) is 5.02 Å². The third-order valence-corrected chi connectivity index (χ3v) is 5.59. The average molecular weight is 459 g/mol. The zero-order valence-electron chi connectivity index (χ0n) is 16.5. The Morgan fingerprint density at radius 1 is 1.26 bits per heavy atom. The van der Waals surface area contributed by atoms with E-state index in [-0.39, 0.29) is 18.5 Å². The molecular weight excluding hydrogens is 440 g/mol. The first-order valence-electron chi connectivity index (χ1n) is 9.30. The van der Waals surface area contributed by atoms with Crippen LogP contribution in [0.5, 0.6) is 11.5 Å². The first-order valence-corrected chi connectivity index (χ1v) is 10.7. The van der Waals surface area contributed by atoms with Crippen LogP contribution < -0.4 is 20.2 Å². The molecule has 4 rings (SSSR count). The summed E-state index contributed by atoms with van der Waals surface area (Å²) in [5.41, 5.74) is 4.19. The molecule has 2 N–H and O–H groups in total. The molecule has 1 aliphatic heterocycles. The van der Waals surface area contributed by atoms with Gasteiger partial charge in [-0.1, -0.05) is 29.4 Å². The van der Waals surface area contributed by atoms with E-state index in [9.17, 15) is 4.79 Å². The standard InChI is InChI=1S/C20H19ClN6O3S/c1-27-18(10-22-15-4-2-3-14(21)8-15)24-26-20(27)31-11-19(28)25-23-9-13-5-6-16-17(7-13)30-12-29-16/h2-9,22H,10-12H2,1H3,(H,25,28). The first-order chi connectivity index (χ1) is 15.1. The molecule has 0 saturated heterocycles. The van der Waals surface area contributed by atoms with Gasteiger partial charge in [-0.25, -0.2) is 5.43 Å². The predicted molar refractivity (Wildman–Crippen MR) is 119 cm³/mol. The van der Waals surface area contributed by atoms with Crippen LogP contribution in [-0.4, -0.2) is 39.4 Å². The minimum Gasteiger partial charge on any atom is -0.454 e. The van der Waals surface area contributed by atoms with Crippen molar-refractivity contribution in [2.75, 3.05) is 17.9 Å². The van der Waals surface area contributed by atoms with Gasteiger partial charge in [0.15, 0.2) is 22.5 Å². The number of benzene rings is 2. The van der Waals surface area contributed by atoms with Gasteiger partial charge >= 0.3 is 0 Å². The Morgan fingerprint density at radius 2 is 2.13 bits per heavy atom. The summed E-state index contributed by atoms with van der Waals surface area (Å²) in [6, 6.07) is 12.9. The molecule has 11 heteroatoms. The number of rotatable bonds is 8. The Kier molecular flexibility index (Phi) is 6.58. The molecule has 0 atom stereocenters. The summed E-state index contributed by atoms with van der Waals surface area (Å²) in [4.78, 5) is 12.1. The molecule has 160 valence electrons. The van der Waals surface area contributed by atoms with Gasteiger partial charge in [0.05, 0.1) is 18.5 Å². The van der Waals surface area contributed by atoms with Crippen molar-refractivity contribution < 1.29 is 14.3 Å². The molecule has 0 saturated carbocycles. The van der Waals surface area contributed by atoms with Crippen LogP contribution in [0.3, 0.4) is 0 Å². The summed E-state index contributed by atoms with van der Waals surface area (Å²) in [6.07, 6.45) is 1.55. The largest absolute Gasteiger partial charge is 0.454 e.